The molecule has 0 aliphatic heterocycles. The third kappa shape index (κ3) is 80.1. The van der Waals surface area contributed by atoms with E-state index in [1.54, 1.807) is 0 Å². The van der Waals surface area contributed by atoms with Crippen LogP contribution in [0.3, 0.4) is 0 Å². The second-order valence-electron chi connectivity index (χ2n) is 32.2. The number of phosphoric ester groups is 2. The highest BCUT2D eigenvalue weighted by atomic mass is 31.2. The van der Waals surface area contributed by atoms with Crippen LogP contribution in [-0.4, -0.2) is 96.7 Å². The van der Waals surface area contributed by atoms with E-state index in [0.717, 1.165) is 115 Å². The van der Waals surface area contributed by atoms with Crippen molar-refractivity contribution in [2.24, 2.45) is 11.8 Å². The lowest BCUT2D eigenvalue weighted by Gasteiger charge is -2.21. The molecule has 0 saturated heterocycles. The smallest absolute Gasteiger partial charge is 0.462 e. The quantitative estimate of drug-likeness (QED) is 0.0222. The van der Waals surface area contributed by atoms with Crippen molar-refractivity contribution in [1.82, 2.24) is 0 Å². The largest absolute Gasteiger partial charge is 0.472 e. The number of rotatable bonds is 86. The SMILES string of the molecule is CCCCCCCCCCCCCCCCCCCCCCCCC(=O)O[C@H](COC(=O)CCCCCCCCCCCCCCCCCCC(C)C)COP(=O)(O)OC[C@@H](O)COP(=O)(O)OC[C@@H](COC(=O)CCCCCCCCC)OC(=O)CCCCCCCCCCCCCCCCCC(C)C. The summed E-state index contributed by atoms with van der Waals surface area (Å²) in [5.41, 5.74) is 0. The molecular formula is C87H170O17P2. The van der Waals surface area contributed by atoms with Gasteiger partial charge < -0.3 is 33.8 Å². The molecule has 0 amide bonds. The highest BCUT2D eigenvalue weighted by Gasteiger charge is 2.30. The first-order chi connectivity index (χ1) is 51.4. The lowest BCUT2D eigenvalue weighted by molar-refractivity contribution is -0.161. The molecule has 0 aliphatic rings. The molecule has 19 heteroatoms. The van der Waals surface area contributed by atoms with Crippen LogP contribution in [-0.2, 0) is 65.4 Å². The standard InChI is InChI=1S/C87H170O17P2/c1-7-9-11-13-15-16-17-18-19-20-21-22-23-24-25-32-37-42-47-53-59-65-72-87(92)104-83(76-98-85(90)70-64-58-52-46-41-36-31-27-26-29-34-39-44-50-55-61-67-79(3)4)78-102-106(95,96)100-74-81(88)73-99-105(93,94)101-77-82(75-97-84(89)69-63-57-49-14-12-10-8-2)103-86(91)71-66-60-54-48-43-38-33-28-30-35-40-45-51-56-62-68-80(5)6/h79-83,88H,7-78H2,1-6H3,(H,93,94)(H,95,96)/t81-,82+,83+/m0/s1. The maximum atomic E-state index is 13.1. The van der Waals surface area contributed by atoms with Gasteiger partial charge in [0.05, 0.1) is 26.4 Å². The van der Waals surface area contributed by atoms with Gasteiger partial charge >= 0.3 is 39.5 Å². The molecule has 0 bridgehead atoms. The van der Waals surface area contributed by atoms with Gasteiger partial charge in [-0.3, -0.25) is 37.3 Å². The molecule has 0 radical (unpaired) electrons. The Morgan fingerprint density at radius 3 is 0.642 bits per heavy atom. The highest BCUT2D eigenvalue weighted by Crippen LogP contribution is 2.45. The van der Waals surface area contributed by atoms with Crippen molar-refractivity contribution < 1.29 is 80.2 Å². The molecule has 0 spiro atoms. The Bertz CT molecular complexity index is 2030. The number of hydrogen-bond donors (Lipinski definition) is 3. The van der Waals surface area contributed by atoms with E-state index in [1.807, 2.05) is 0 Å². The van der Waals surface area contributed by atoms with E-state index in [-0.39, 0.29) is 25.7 Å². The summed E-state index contributed by atoms with van der Waals surface area (Å²) in [5, 5.41) is 10.7. The Balaban J connectivity index is 5.15. The lowest BCUT2D eigenvalue weighted by atomic mass is 10.0. The zero-order valence-electron chi connectivity index (χ0n) is 69.7. The molecule has 0 fully saturated rings. The predicted molar refractivity (Wildman–Crippen MR) is 437 cm³/mol. The fourth-order valence-electron chi connectivity index (χ4n) is 13.6. The van der Waals surface area contributed by atoms with Gasteiger partial charge in [0.2, 0.25) is 0 Å². The summed E-state index contributed by atoms with van der Waals surface area (Å²) in [6, 6.07) is 0. The van der Waals surface area contributed by atoms with E-state index in [1.165, 1.54) is 270 Å². The minimum atomic E-state index is -4.96. The number of aliphatic hydroxyl groups excluding tert-OH is 1. The normalized spacial score (nSPS) is 13.8. The van der Waals surface area contributed by atoms with Crippen LogP contribution in [0, 0.1) is 11.8 Å². The molecule has 17 nitrogen and oxygen atoms in total. The van der Waals surface area contributed by atoms with Gasteiger partial charge in [-0.2, -0.15) is 0 Å². The maximum Gasteiger partial charge on any atom is 0.472 e. The number of aliphatic hydroxyl groups is 1. The van der Waals surface area contributed by atoms with Gasteiger partial charge in [0.25, 0.3) is 0 Å². The minimum Gasteiger partial charge on any atom is -0.462 e. The number of carbonyl (C=O) groups is 4. The summed E-state index contributed by atoms with van der Waals surface area (Å²) in [6.07, 6.45) is 71.1. The Hall–Kier alpha value is -1.94. The zero-order valence-corrected chi connectivity index (χ0v) is 71.5. The molecule has 0 saturated carbocycles. The number of unbranched alkanes of at least 4 members (excludes halogenated alkanes) is 56. The van der Waals surface area contributed by atoms with Crippen molar-refractivity contribution in [3.05, 3.63) is 0 Å². The molecule has 0 heterocycles. The average molecular weight is 1550 g/mol. The molecule has 0 rings (SSSR count). The van der Waals surface area contributed by atoms with Crippen LogP contribution in [0.1, 0.15) is 465 Å². The fourth-order valence-corrected chi connectivity index (χ4v) is 15.2. The molecule has 2 unspecified atom stereocenters. The van der Waals surface area contributed by atoms with Crippen LogP contribution in [0.2, 0.25) is 0 Å². The highest BCUT2D eigenvalue weighted by molar-refractivity contribution is 7.47. The summed E-state index contributed by atoms with van der Waals surface area (Å²) in [5.74, 6) is -0.491. The summed E-state index contributed by atoms with van der Waals surface area (Å²) >= 11 is 0. The molecule has 0 aliphatic carbocycles. The van der Waals surface area contributed by atoms with Crippen LogP contribution in [0.15, 0.2) is 0 Å². The first-order valence-electron chi connectivity index (χ1n) is 45.0. The Morgan fingerprint density at radius 1 is 0.255 bits per heavy atom. The van der Waals surface area contributed by atoms with Gasteiger partial charge in [-0.25, -0.2) is 9.13 Å². The number of hydrogen-bond acceptors (Lipinski definition) is 15. The molecule has 0 aromatic rings. The van der Waals surface area contributed by atoms with Gasteiger partial charge in [0, 0.05) is 25.7 Å². The second-order valence-corrected chi connectivity index (χ2v) is 35.1. The Labute approximate surface area is 651 Å². The number of ether oxygens (including phenoxy) is 4. The monoisotopic (exact) mass is 1550 g/mol. The minimum absolute atomic E-state index is 0.108. The lowest BCUT2D eigenvalue weighted by Crippen LogP contribution is -2.30. The van der Waals surface area contributed by atoms with Gasteiger partial charge in [0.1, 0.15) is 19.3 Å². The third-order valence-corrected chi connectivity index (χ3v) is 22.4. The first kappa shape index (κ1) is 104. The van der Waals surface area contributed by atoms with Crippen LogP contribution in [0.5, 0.6) is 0 Å². The Morgan fingerprint density at radius 2 is 0.434 bits per heavy atom. The van der Waals surface area contributed by atoms with Crippen molar-refractivity contribution >= 4 is 39.5 Å². The molecule has 106 heavy (non-hydrogen) atoms. The summed E-state index contributed by atoms with van der Waals surface area (Å²) < 4.78 is 68.8. The van der Waals surface area contributed by atoms with E-state index in [2.05, 4.69) is 41.5 Å². The van der Waals surface area contributed by atoms with Crippen molar-refractivity contribution in [3.8, 4) is 0 Å². The summed E-state index contributed by atoms with van der Waals surface area (Å²) in [4.78, 5) is 73.1. The van der Waals surface area contributed by atoms with E-state index in [4.69, 9.17) is 37.0 Å². The van der Waals surface area contributed by atoms with E-state index in [0.29, 0.717) is 25.7 Å². The van der Waals surface area contributed by atoms with Crippen LogP contribution < -0.4 is 0 Å². The molecule has 0 aromatic carbocycles. The van der Waals surface area contributed by atoms with Gasteiger partial charge in [-0.1, -0.05) is 414 Å². The van der Waals surface area contributed by atoms with Crippen LogP contribution in [0.25, 0.3) is 0 Å². The maximum absolute atomic E-state index is 13.1. The molecule has 0 aromatic heterocycles. The third-order valence-electron chi connectivity index (χ3n) is 20.5. The van der Waals surface area contributed by atoms with Crippen molar-refractivity contribution in [3.63, 3.8) is 0 Å². The van der Waals surface area contributed by atoms with Crippen molar-refractivity contribution in [2.45, 2.75) is 484 Å². The molecule has 5 atom stereocenters. The fraction of sp³-hybridized carbons (Fsp3) is 0.954. The van der Waals surface area contributed by atoms with E-state index in [9.17, 15) is 43.2 Å². The Kier molecular flexibility index (Phi) is 76.9. The van der Waals surface area contributed by atoms with E-state index < -0.39 is 97.5 Å². The van der Waals surface area contributed by atoms with Crippen molar-refractivity contribution in [2.75, 3.05) is 39.6 Å². The predicted octanol–water partition coefficient (Wildman–Crippen LogP) is 26.6. The molecule has 630 valence electrons. The van der Waals surface area contributed by atoms with Gasteiger partial charge in [-0.05, 0) is 37.5 Å². The van der Waals surface area contributed by atoms with Crippen LogP contribution >= 0.6 is 15.6 Å². The van der Waals surface area contributed by atoms with Gasteiger partial charge in [0.15, 0.2) is 12.2 Å². The zero-order chi connectivity index (χ0) is 77.8. The van der Waals surface area contributed by atoms with Crippen LogP contribution in [0.4, 0.5) is 0 Å². The average Bonchev–Trinajstić information content (AvgIpc) is 0.904. The second kappa shape index (κ2) is 78.3. The summed E-state index contributed by atoms with van der Waals surface area (Å²) in [6.45, 7) is 9.69. The number of phosphoric acid groups is 2. The first-order valence-corrected chi connectivity index (χ1v) is 48.0. The summed E-state index contributed by atoms with van der Waals surface area (Å²) in [7, 11) is -9.92. The van der Waals surface area contributed by atoms with E-state index >= 15 is 0 Å². The molecule has 3 N–H and O–H groups in total. The number of esters is 4. The van der Waals surface area contributed by atoms with Gasteiger partial charge in [-0.15, -0.1) is 0 Å². The topological polar surface area (TPSA) is 237 Å². The van der Waals surface area contributed by atoms with Crippen molar-refractivity contribution in [1.29, 1.82) is 0 Å². The number of carbonyl (C=O) groups excluding carboxylic acids is 4. The molecular weight excluding hydrogens is 1380 g/mol.